The van der Waals surface area contributed by atoms with E-state index in [1.807, 2.05) is 12.1 Å². The molecule has 0 atom stereocenters. The Hall–Kier alpha value is -1.84. The van der Waals surface area contributed by atoms with Gasteiger partial charge in [-0.3, -0.25) is 4.99 Å². The molecule has 1 aliphatic carbocycles. The van der Waals surface area contributed by atoms with Gasteiger partial charge in [0.25, 0.3) is 0 Å². The number of carbonyl (C=O) groups is 1. The monoisotopic (exact) mass is 344 g/mol. The summed E-state index contributed by atoms with van der Waals surface area (Å²) in [6.07, 6.45) is 10.9. The number of unbranched alkanes of at least 4 members (excludes halogenated alkanes) is 3. The lowest BCUT2D eigenvalue weighted by molar-refractivity contribution is 0.0410. The number of nitrogens with two attached hydrogens (primary N) is 1. The van der Waals surface area contributed by atoms with E-state index in [0.717, 1.165) is 18.5 Å². The molecule has 0 radical (unpaired) electrons. The van der Waals surface area contributed by atoms with E-state index in [9.17, 15) is 4.79 Å². The van der Waals surface area contributed by atoms with Crippen LogP contribution in [0.5, 0.6) is 0 Å². The van der Waals surface area contributed by atoms with E-state index in [0.29, 0.717) is 23.9 Å². The van der Waals surface area contributed by atoms with Gasteiger partial charge in [0.2, 0.25) is 0 Å². The summed E-state index contributed by atoms with van der Waals surface area (Å²) in [6, 6.07) is 7.25. The zero-order valence-corrected chi connectivity index (χ0v) is 15.5. The largest absolute Gasteiger partial charge is 0.462 e. The van der Waals surface area contributed by atoms with E-state index >= 15 is 0 Å². The van der Waals surface area contributed by atoms with Crippen molar-refractivity contribution in [1.82, 2.24) is 0 Å². The molecule has 138 valence electrons. The molecule has 0 heterocycles. The Morgan fingerprint density at radius 3 is 2.44 bits per heavy atom. The molecule has 0 spiro atoms. The summed E-state index contributed by atoms with van der Waals surface area (Å²) in [5.41, 5.74) is 7.47. The van der Waals surface area contributed by atoms with Crippen LogP contribution in [0.25, 0.3) is 0 Å². The minimum absolute atomic E-state index is 0.243. The first-order valence-electron chi connectivity index (χ1n) is 9.78. The molecule has 1 aromatic rings. The maximum absolute atomic E-state index is 12.2. The van der Waals surface area contributed by atoms with E-state index in [2.05, 4.69) is 11.9 Å². The predicted molar refractivity (Wildman–Crippen MR) is 103 cm³/mol. The molecule has 0 saturated heterocycles. The van der Waals surface area contributed by atoms with Crippen LogP contribution in [0.3, 0.4) is 0 Å². The molecule has 1 fully saturated rings. The minimum Gasteiger partial charge on any atom is -0.462 e. The molecule has 2 N–H and O–H groups in total. The zero-order chi connectivity index (χ0) is 17.9. The van der Waals surface area contributed by atoms with Crippen molar-refractivity contribution >= 4 is 11.8 Å². The highest BCUT2D eigenvalue weighted by molar-refractivity contribution is 5.98. The van der Waals surface area contributed by atoms with Crippen molar-refractivity contribution < 1.29 is 9.53 Å². The highest BCUT2D eigenvalue weighted by atomic mass is 16.5. The maximum Gasteiger partial charge on any atom is 0.338 e. The third-order valence-corrected chi connectivity index (χ3v) is 4.89. The van der Waals surface area contributed by atoms with Gasteiger partial charge in [0.1, 0.15) is 5.84 Å². The molecule has 0 aliphatic heterocycles. The second-order valence-corrected chi connectivity index (χ2v) is 7.01. The molecule has 1 saturated carbocycles. The number of benzene rings is 1. The van der Waals surface area contributed by atoms with Crippen molar-refractivity contribution in [3.8, 4) is 0 Å². The number of aliphatic imine (C=N–C) groups is 1. The van der Waals surface area contributed by atoms with Crippen LogP contribution in [-0.2, 0) is 4.74 Å². The molecule has 0 amide bonds. The first-order chi connectivity index (χ1) is 12.2. The van der Waals surface area contributed by atoms with E-state index in [-0.39, 0.29) is 5.97 Å². The Bertz CT molecular complexity index is 546. The van der Waals surface area contributed by atoms with Crippen molar-refractivity contribution in [3.05, 3.63) is 35.4 Å². The quantitative estimate of drug-likeness (QED) is 0.305. The van der Waals surface area contributed by atoms with Crippen molar-refractivity contribution in [2.24, 2.45) is 16.6 Å². The fourth-order valence-electron chi connectivity index (χ4n) is 3.24. The smallest absolute Gasteiger partial charge is 0.338 e. The third-order valence-electron chi connectivity index (χ3n) is 4.89. The summed E-state index contributed by atoms with van der Waals surface area (Å²) in [5, 5.41) is 0. The Kier molecular flexibility index (Phi) is 8.50. The molecule has 4 nitrogen and oxygen atoms in total. The summed E-state index contributed by atoms with van der Waals surface area (Å²) in [4.78, 5) is 16.6. The molecule has 25 heavy (non-hydrogen) atoms. The van der Waals surface area contributed by atoms with E-state index in [1.54, 1.807) is 12.1 Å². The average molecular weight is 344 g/mol. The molecule has 0 aromatic heterocycles. The van der Waals surface area contributed by atoms with Crippen molar-refractivity contribution in [1.29, 1.82) is 0 Å². The van der Waals surface area contributed by atoms with Gasteiger partial charge in [-0.05, 0) is 37.3 Å². The lowest BCUT2D eigenvalue weighted by atomic mass is 9.90. The first kappa shape index (κ1) is 19.5. The van der Waals surface area contributed by atoms with Crippen LogP contribution in [0, 0.1) is 5.92 Å². The van der Waals surface area contributed by atoms with Crippen LogP contribution in [-0.4, -0.2) is 25.0 Å². The molecule has 0 unspecified atom stereocenters. The summed E-state index contributed by atoms with van der Waals surface area (Å²) in [7, 11) is 0. The van der Waals surface area contributed by atoms with Gasteiger partial charge in [-0.2, -0.15) is 0 Å². The van der Waals surface area contributed by atoms with Crippen molar-refractivity contribution in [3.63, 3.8) is 0 Å². The van der Waals surface area contributed by atoms with Gasteiger partial charge in [-0.25, -0.2) is 4.79 Å². The summed E-state index contributed by atoms with van der Waals surface area (Å²) in [6.45, 7) is 3.50. The van der Waals surface area contributed by atoms with E-state index < -0.39 is 0 Å². The molecule has 1 aromatic carbocycles. The number of hydrogen-bond acceptors (Lipinski definition) is 3. The van der Waals surface area contributed by atoms with Gasteiger partial charge >= 0.3 is 5.97 Å². The molecule has 0 bridgehead atoms. The second kappa shape index (κ2) is 10.9. The Balaban J connectivity index is 1.79. The number of hydrogen-bond donors (Lipinski definition) is 1. The normalized spacial score (nSPS) is 16.0. The van der Waals surface area contributed by atoms with Crippen molar-refractivity contribution in [2.75, 3.05) is 13.2 Å². The number of ether oxygens (including phenoxy) is 1. The summed E-state index contributed by atoms with van der Waals surface area (Å²) >= 11 is 0. The van der Waals surface area contributed by atoms with Gasteiger partial charge in [0.05, 0.1) is 12.2 Å². The fourth-order valence-corrected chi connectivity index (χ4v) is 3.24. The van der Waals surface area contributed by atoms with Crippen LogP contribution in [0.4, 0.5) is 0 Å². The minimum atomic E-state index is -0.243. The van der Waals surface area contributed by atoms with Crippen LogP contribution >= 0.6 is 0 Å². The Morgan fingerprint density at radius 2 is 1.76 bits per heavy atom. The standard InChI is InChI=1S/C21H32N2O2/c1-2-3-4-8-15-23-20(22)18-11-13-19(14-12-18)21(24)25-16-17-9-6-5-7-10-17/h11-14,17H,2-10,15-16H2,1H3,(H2,22,23). The lowest BCUT2D eigenvalue weighted by Crippen LogP contribution is -2.17. The highest BCUT2D eigenvalue weighted by Crippen LogP contribution is 2.24. The van der Waals surface area contributed by atoms with Gasteiger partial charge in [-0.15, -0.1) is 0 Å². The number of carbonyl (C=O) groups excluding carboxylic acids is 1. The van der Waals surface area contributed by atoms with Crippen LogP contribution < -0.4 is 5.73 Å². The summed E-state index contributed by atoms with van der Waals surface area (Å²) < 4.78 is 5.47. The lowest BCUT2D eigenvalue weighted by Gasteiger charge is -2.21. The predicted octanol–water partition coefficient (Wildman–Crippen LogP) is 4.71. The maximum atomic E-state index is 12.2. The topological polar surface area (TPSA) is 64.7 Å². The van der Waals surface area contributed by atoms with Gasteiger partial charge < -0.3 is 10.5 Å². The number of rotatable bonds is 9. The number of esters is 1. The second-order valence-electron chi connectivity index (χ2n) is 7.01. The fraction of sp³-hybridized carbons (Fsp3) is 0.619. The third kappa shape index (κ3) is 6.89. The van der Waals surface area contributed by atoms with Gasteiger partial charge in [0, 0.05) is 12.1 Å². The van der Waals surface area contributed by atoms with Gasteiger partial charge in [-0.1, -0.05) is 57.6 Å². The SMILES string of the molecule is CCCCCCN=C(N)c1ccc(C(=O)OCC2CCCCC2)cc1. The first-order valence-corrected chi connectivity index (χ1v) is 9.78. The Morgan fingerprint density at radius 1 is 1.08 bits per heavy atom. The molecular weight excluding hydrogens is 312 g/mol. The summed E-state index contributed by atoms with van der Waals surface area (Å²) in [5.74, 6) is 0.832. The van der Waals surface area contributed by atoms with Crippen LogP contribution in [0.15, 0.2) is 29.3 Å². The van der Waals surface area contributed by atoms with Gasteiger partial charge in [0.15, 0.2) is 0 Å². The van der Waals surface area contributed by atoms with E-state index in [4.69, 9.17) is 10.5 Å². The number of nitrogens with zero attached hydrogens (tertiary/aromatic N) is 1. The van der Waals surface area contributed by atoms with E-state index in [1.165, 1.54) is 51.4 Å². The number of amidine groups is 1. The molecule has 2 rings (SSSR count). The highest BCUT2D eigenvalue weighted by Gasteiger charge is 2.16. The van der Waals surface area contributed by atoms with Crippen LogP contribution in [0.1, 0.15) is 80.6 Å². The Labute approximate surface area is 151 Å². The molecular formula is C21H32N2O2. The molecule has 1 aliphatic rings. The molecule has 4 heteroatoms. The van der Waals surface area contributed by atoms with Crippen LogP contribution in [0.2, 0.25) is 0 Å². The zero-order valence-electron chi connectivity index (χ0n) is 15.5. The average Bonchev–Trinajstić information content (AvgIpc) is 2.66. The van der Waals surface area contributed by atoms with Crippen molar-refractivity contribution in [2.45, 2.75) is 64.7 Å².